The Morgan fingerprint density at radius 3 is 2.26 bits per heavy atom. The summed E-state index contributed by atoms with van der Waals surface area (Å²) in [4.78, 5) is 13.3. The molecule has 0 aliphatic rings. The zero-order chi connectivity index (χ0) is 18.8. The molecule has 0 bridgehead atoms. The second-order valence-electron chi connectivity index (χ2n) is 6.55. The van der Waals surface area contributed by atoms with Crippen LogP contribution >= 0.6 is 11.8 Å². The molecule has 0 fully saturated rings. The van der Waals surface area contributed by atoms with Gasteiger partial charge in [-0.15, -0.1) is 10.2 Å². The molecule has 2 aromatic heterocycles. The number of pyridine rings is 1. The van der Waals surface area contributed by atoms with E-state index in [1.54, 1.807) is 0 Å². The van der Waals surface area contributed by atoms with E-state index < -0.39 is 0 Å². The lowest BCUT2D eigenvalue weighted by Crippen LogP contribution is -2.11. The highest BCUT2D eigenvalue weighted by Gasteiger charge is 2.25. The number of hydrogen-bond acceptors (Lipinski definition) is 4. The van der Waals surface area contributed by atoms with Crippen LogP contribution in [0.3, 0.4) is 0 Å². The van der Waals surface area contributed by atoms with E-state index in [-0.39, 0.29) is 11.0 Å². The highest BCUT2D eigenvalue weighted by molar-refractivity contribution is 8.00. The van der Waals surface area contributed by atoms with Gasteiger partial charge in [-0.2, -0.15) is 0 Å². The van der Waals surface area contributed by atoms with Gasteiger partial charge in [0.15, 0.2) is 16.6 Å². The quantitative estimate of drug-likeness (QED) is 0.362. The Morgan fingerprint density at radius 2 is 1.56 bits per heavy atom. The number of aromatic nitrogens is 3. The summed E-state index contributed by atoms with van der Waals surface area (Å²) >= 11 is 1.43. The monoisotopic (exact) mass is 373 g/mol. The molecule has 2 heterocycles. The maximum Gasteiger partial charge on any atom is 0.196 e. The van der Waals surface area contributed by atoms with Gasteiger partial charge in [-0.3, -0.25) is 9.20 Å². The topological polar surface area (TPSA) is 47.3 Å². The Kier molecular flexibility index (Phi) is 4.77. The van der Waals surface area contributed by atoms with E-state index in [1.165, 1.54) is 17.3 Å². The molecule has 0 saturated carbocycles. The van der Waals surface area contributed by atoms with Crippen LogP contribution in [-0.2, 0) is 0 Å². The molecule has 0 aliphatic heterocycles. The summed E-state index contributed by atoms with van der Waals surface area (Å²) in [6, 6.07) is 21.6. The lowest BCUT2D eigenvalue weighted by Gasteiger charge is -2.15. The van der Waals surface area contributed by atoms with Crippen LogP contribution in [0.25, 0.3) is 5.65 Å². The summed E-state index contributed by atoms with van der Waals surface area (Å²) in [5.41, 5.74) is 4.73. The summed E-state index contributed by atoms with van der Waals surface area (Å²) in [6.07, 6.45) is 1.92. The third-order valence-corrected chi connectivity index (χ3v) is 5.67. The van der Waals surface area contributed by atoms with Gasteiger partial charge in [0.1, 0.15) is 5.25 Å². The van der Waals surface area contributed by atoms with Crippen molar-refractivity contribution in [3.8, 4) is 0 Å². The first kappa shape index (κ1) is 17.5. The Bertz CT molecular complexity index is 1080. The number of carbonyl (C=O) groups excluding carboxylic acids is 1. The lowest BCUT2D eigenvalue weighted by atomic mass is 10.0. The Balaban J connectivity index is 1.74. The van der Waals surface area contributed by atoms with Gasteiger partial charge < -0.3 is 0 Å². The van der Waals surface area contributed by atoms with E-state index in [2.05, 4.69) is 10.2 Å². The van der Waals surface area contributed by atoms with Crippen molar-refractivity contribution in [1.29, 1.82) is 0 Å². The van der Waals surface area contributed by atoms with E-state index in [0.29, 0.717) is 10.7 Å². The van der Waals surface area contributed by atoms with Crippen molar-refractivity contribution in [3.05, 3.63) is 95.2 Å². The number of fused-ring (bicyclic) bond motifs is 1. The molecule has 4 rings (SSSR count). The number of benzene rings is 2. The van der Waals surface area contributed by atoms with Crippen LogP contribution in [0, 0.1) is 13.8 Å². The van der Waals surface area contributed by atoms with Crippen LogP contribution < -0.4 is 0 Å². The predicted octanol–water partition coefficient (Wildman–Crippen LogP) is 5.06. The molecule has 2 aromatic carbocycles. The molecular formula is C22H19N3OS. The highest BCUT2D eigenvalue weighted by atomic mass is 32.2. The molecular weight excluding hydrogens is 354 g/mol. The average Bonchev–Trinajstić information content (AvgIpc) is 3.10. The molecule has 27 heavy (non-hydrogen) atoms. The Hall–Kier alpha value is -2.92. The van der Waals surface area contributed by atoms with Crippen molar-refractivity contribution in [2.45, 2.75) is 24.3 Å². The Labute approximate surface area is 162 Å². The Morgan fingerprint density at radius 1 is 0.889 bits per heavy atom. The number of rotatable bonds is 5. The first-order chi connectivity index (χ1) is 13.1. The van der Waals surface area contributed by atoms with Crippen LogP contribution in [0.5, 0.6) is 0 Å². The summed E-state index contributed by atoms with van der Waals surface area (Å²) in [5, 5.41) is 8.81. The van der Waals surface area contributed by atoms with Gasteiger partial charge in [0, 0.05) is 11.8 Å². The molecule has 4 nitrogen and oxygen atoms in total. The molecule has 5 heteroatoms. The zero-order valence-corrected chi connectivity index (χ0v) is 16.0. The van der Waals surface area contributed by atoms with Gasteiger partial charge in [-0.05, 0) is 31.5 Å². The molecule has 1 atom stereocenters. The second kappa shape index (κ2) is 7.37. The van der Waals surface area contributed by atoms with Gasteiger partial charge in [-0.1, -0.05) is 77.5 Å². The van der Waals surface area contributed by atoms with Crippen LogP contribution in [0.1, 0.15) is 32.3 Å². The van der Waals surface area contributed by atoms with Gasteiger partial charge in [0.05, 0.1) is 0 Å². The van der Waals surface area contributed by atoms with E-state index in [9.17, 15) is 4.79 Å². The van der Waals surface area contributed by atoms with Gasteiger partial charge >= 0.3 is 0 Å². The second-order valence-corrected chi connectivity index (χ2v) is 7.62. The summed E-state index contributed by atoms with van der Waals surface area (Å²) in [7, 11) is 0. The zero-order valence-electron chi connectivity index (χ0n) is 15.2. The van der Waals surface area contributed by atoms with E-state index in [1.807, 2.05) is 91.2 Å². The summed E-state index contributed by atoms with van der Waals surface area (Å²) in [6.45, 7) is 4.06. The molecule has 0 saturated heterocycles. The fraction of sp³-hybridized carbons (Fsp3) is 0.136. The van der Waals surface area contributed by atoms with Gasteiger partial charge in [0.25, 0.3) is 0 Å². The van der Waals surface area contributed by atoms with Gasteiger partial charge in [0.2, 0.25) is 0 Å². The van der Waals surface area contributed by atoms with E-state index in [0.717, 1.165) is 16.8 Å². The minimum Gasteiger partial charge on any atom is -0.293 e. The van der Waals surface area contributed by atoms with Crippen molar-refractivity contribution in [2.75, 3.05) is 0 Å². The first-order valence-electron chi connectivity index (χ1n) is 8.76. The summed E-state index contributed by atoms with van der Waals surface area (Å²) in [5.74, 6) is 0.0662. The van der Waals surface area contributed by atoms with Crippen LogP contribution in [0.2, 0.25) is 0 Å². The van der Waals surface area contributed by atoms with Crippen molar-refractivity contribution >= 4 is 23.2 Å². The maximum absolute atomic E-state index is 13.3. The fourth-order valence-corrected chi connectivity index (χ4v) is 3.99. The predicted molar refractivity (Wildman–Crippen MR) is 108 cm³/mol. The average molecular weight is 373 g/mol. The first-order valence-corrected chi connectivity index (χ1v) is 9.63. The third kappa shape index (κ3) is 3.64. The third-order valence-electron chi connectivity index (χ3n) is 4.46. The SMILES string of the molecule is Cc1ccc(C(=O)[C@@H](Sc2nnc3ccccn23)c2ccc(C)cc2)cc1. The van der Waals surface area contributed by atoms with Gasteiger partial charge in [-0.25, -0.2) is 0 Å². The number of thioether (sulfide) groups is 1. The molecule has 0 spiro atoms. The number of hydrogen-bond donors (Lipinski definition) is 0. The van der Waals surface area contributed by atoms with Crippen LogP contribution in [-0.4, -0.2) is 20.4 Å². The number of Topliss-reactive ketones (excluding diaryl/α,β-unsaturated/α-hetero) is 1. The summed E-state index contributed by atoms with van der Waals surface area (Å²) < 4.78 is 1.91. The minimum atomic E-state index is -0.388. The number of ketones is 1. The van der Waals surface area contributed by atoms with E-state index in [4.69, 9.17) is 0 Å². The van der Waals surface area contributed by atoms with Crippen molar-refractivity contribution in [2.24, 2.45) is 0 Å². The molecule has 0 unspecified atom stereocenters. The molecule has 4 aromatic rings. The smallest absolute Gasteiger partial charge is 0.196 e. The standard InChI is InChI=1S/C22H19N3OS/c1-15-6-10-17(11-7-15)20(26)21(18-12-8-16(2)9-13-18)27-22-24-23-19-5-3-4-14-25(19)22/h3-14,21H,1-2H3/t21-/m0/s1. The van der Waals surface area contributed by atoms with Crippen LogP contribution in [0.4, 0.5) is 0 Å². The van der Waals surface area contributed by atoms with Crippen molar-refractivity contribution < 1.29 is 4.79 Å². The largest absolute Gasteiger partial charge is 0.293 e. The molecule has 0 N–H and O–H groups in total. The number of carbonyl (C=O) groups is 1. The molecule has 0 aliphatic carbocycles. The fourth-order valence-electron chi connectivity index (χ4n) is 2.89. The van der Waals surface area contributed by atoms with Crippen molar-refractivity contribution in [1.82, 2.24) is 14.6 Å². The molecule has 134 valence electrons. The minimum absolute atomic E-state index is 0.0662. The highest BCUT2D eigenvalue weighted by Crippen LogP contribution is 2.37. The van der Waals surface area contributed by atoms with Crippen molar-refractivity contribution in [3.63, 3.8) is 0 Å². The number of aryl methyl sites for hydroxylation is 2. The molecule has 0 radical (unpaired) electrons. The number of nitrogens with zero attached hydrogens (tertiary/aromatic N) is 3. The molecule has 0 amide bonds. The van der Waals surface area contributed by atoms with E-state index >= 15 is 0 Å². The maximum atomic E-state index is 13.3. The van der Waals surface area contributed by atoms with Crippen LogP contribution in [0.15, 0.2) is 78.1 Å². The lowest BCUT2D eigenvalue weighted by molar-refractivity contribution is 0.0989. The normalized spacial score (nSPS) is 12.2.